The van der Waals surface area contributed by atoms with Gasteiger partial charge in [0.05, 0.1) is 6.61 Å². The van der Waals surface area contributed by atoms with E-state index in [9.17, 15) is 0 Å². The van der Waals surface area contributed by atoms with E-state index in [-0.39, 0.29) is 0 Å². The summed E-state index contributed by atoms with van der Waals surface area (Å²) in [5, 5.41) is 6.44. The predicted molar refractivity (Wildman–Crippen MR) is 63.2 cm³/mol. The molecule has 1 aliphatic heterocycles. The minimum absolute atomic E-state index is 0.724. The second kappa shape index (κ2) is 7.51. The molecule has 0 aromatic carbocycles. The molecule has 15 heavy (non-hydrogen) atoms. The summed E-state index contributed by atoms with van der Waals surface area (Å²) in [4.78, 5) is 4.31. The van der Waals surface area contributed by atoms with Crippen LogP contribution in [0.5, 0.6) is 0 Å². The Labute approximate surface area is 92.5 Å². The average Bonchev–Trinajstić information content (AvgIpc) is 2.24. The summed E-state index contributed by atoms with van der Waals surface area (Å²) in [7, 11) is 0. The Bertz CT molecular complexity index is 192. The van der Waals surface area contributed by atoms with Gasteiger partial charge in [0.25, 0.3) is 0 Å². The first-order valence-corrected chi connectivity index (χ1v) is 5.89. The third-order valence-electron chi connectivity index (χ3n) is 2.28. The van der Waals surface area contributed by atoms with Crippen LogP contribution in [-0.4, -0.2) is 38.8 Å². The van der Waals surface area contributed by atoms with E-state index in [1.807, 2.05) is 0 Å². The fourth-order valence-corrected chi connectivity index (χ4v) is 1.31. The van der Waals surface area contributed by atoms with Gasteiger partial charge >= 0.3 is 0 Å². The van der Waals surface area contributed by atoms with Crippen molar-refractivity contribution in [2.24, 2.45) is 10.9 Å². The molecule has 88 valence electrons. The van der Waals surface area contributed by atoms with Crippen LogP contribution in [0.2, 0.25) is 0 Å². The van der Waals surface area contributed by atoms with Crippen molar-refractivity contribution in [3.8, 4) is 0 Å². The molecule has 0 amide bonds. The highest BCUT2D eigenvalue weighted by Crippen LogP contribution is 1.98. The molecule has 4 heteroatoms. The monoisotopic (exact) mass is 213 g/mol. The Hall–Kier alpha value is -0.770. The Balaban J connectivity index is 1.90. The second-order valence-corrected chi connectivity index (χ2v) is 4.23. The smallest absolute Gasteiger partial charge is 0.191 e. The number of rotatable bonds is 6. The lowest BCUT2D eigenvalue weighted by Crippen LogP contribution is -2.42. The van der Waals surface area contributed by atoms with Crippen molar-refractivity contribution in [3.05, 3.63) is 0 Å². The van der Waals surface area contributed by atoms with Crippen LogP contribution in [0.25, 0.3) is 0 Å². The molecule has 0 saturated carbocycles. The molecule has 0 spiro atoms. The highest BCUT2D eigenvalue weighted by molar-refractivity contribution is 5.80. The van der Waals surface area contributed by atoms with E-state index in [1.165, 1.54) is 0 Å². The number of guanidine groups is 1. The van der Waals surface area contributed by atoms with Crippen LogP contribution in [0, 0.1) is 5.92 Å². The first kappa shape index (κ1) is 12.3. The molecule has 0 aromatic rings. The number of nitrogens with zero attached hydrogens (tertiary/aromatic N) is 1. The van der Waals surface area contributed by atoms with E-state index in [0.717, 1.165) is 57.6 Å². The van der Waals surface area contributed by atoms with Gasteiger partial charge in [0.2, 0.25) is 0 Å². The Kier molecular flexibility index (Phi) is 6.16. The number of hydrogen-bond donors (Lipinski definition) is 2. The van der Waals surface area contributed by atoms with Gasteiger partial charge in [-0.25, -0.2) is 0 Å². The van der Waals surface area contributed by atoms with E-state index >= 15 is 0 Å². The summed E-state index contributed by atoms with van der Waals surface area (Å²) in [6.07, 6.45) is 2.27. The highest BCUT2D eigenvalue weighted by Gasteiger charge is 2.01. The van der Waals surface area contributed by atoms with Crippen molar-refractivity contribution in [2.45, 2.75) is 26.7 Å². The predicted octanol–water partition coefficient (Wildman–Crippen LogP) is 0.988. The van der Waals surface area contributed by atoms with E-state index in [0.29, 0.717) is 0 Å². The zero-order chi connectivity index (χ0) is 10.9. The Morgan fingerprint density at radius 1 is 1.47 bits per heavy atom. The fraction of sp³-hybridized carbons (Fsp3) is 0.909. The van der Waals surface area contributed by atoms with Gasteiger partial charge in [0.1, 0.15) is 0 Å². The Morgan fingerprint density at radius 3 is 3.00 bits per heavy atom. The summed E-state index contributed by atoms with van der Waals surface area (Å²) in [5.41, 5.74) is 0. The lowest BCUT2D eigenvalue weighted by molar-refractivity contribution is 0.128. The molecule has 1 rings (SSSR count). The maximum Gasteiger partial charge on any atom is 0.191 e. The van der Waals surface area contributed by atoms with Crippen LogP contribution in [0.15, 0.2) is 4.99 Å². The minimum Gasteiger partial charge on any atom is -0.380 e. The Morgan fingerprint density at radius 2 is 2.33 bits per heavy atom. The van der Waals surface area contributed by atoms with Gasteiger partial charge in [-0.15, -0.1) is 0 Å². The van der Waals surface area contributed by atoms with Crippen LogP contribution in [0.4, 0.5) is 0 Å². The third kappa shape index (κ3) is 6.33. The molecule has 2 N–H and O–H groups in total. The van der Waals surface area contributed by atoms with Crippen molar-refractivity contribution in [1.29, 1.82) is 0 Å². The van der Waals surface area contributed by atoms with Gasteiger partial charge in [0.15, 0.2) is 5.96 Å². The van der Waals surface area contributed by atoms with Crippen LogP contribution < -0.4 is 10.6 Å². The molecule has 0 aliphatic carbocycles. The molecule has 0 saturated heterocycles. The van der Waals surface area contributed by atoms with Crippen LogP contribution in [0.3, 0.4) is 0 Å². The topological polar surface area (TPSA) is 45.6 Å². The van der Waals surface area contributed by atoms with E-state index in [1.54, 1.807) is 0 Å². The quantitative estimate of drug-likeness (QED) is 0.647. The van der Waals surface area contributed by atoms with Gasteiger partial charge in [0, 0.05) is 26.2 Å². The van der Waals surface area contributed by atoms with Crippen molar-refractivity contribution in [1.82, 2.24) is 10.6 Å². The summed E-state index contributed by atoms with van der Waals surface area (Å²) in [5.74, 6) is 1.65. The summed E-state index contributed by atoms with van der Waals surface area (Å²) in [6.45, 7) is 8.84. The van der Waals surface area contributed by atoms with Gasteiger partial charge in [-0.3, -0.25) is 4.99 Å². The standard InChI is InChI=1S/C11H23N3O/c1-10(2)4-8-15-9-7-14-11-12-5-3-6-13-11/h10H,3-9H2,1-2H3,(H2,12,13,14). The average molecular weight is 213 g/mol. The lowest BCUT2D eigenvalue weighted by atomic mass is 10.1. The zero-order valence-electron chi connectivity index (χ0n) is 9.88. The molecular weight excluding hydrogens is 190 g/mol. The van der Waals surface area contributed by atoms with Gasteiger partial charge in [-0.2, -0.15) is 0 Å². The molecule has 0 fully saturated rings. The van der Waals surface area contributed by atoms with Crippen LogP contribution in [-0.2, 0) is 4.74 Å². The van der Waals surface area contributed by atoms with E-state index in [4.69, 9.17) is 4.74 Å². The van der Waals surface area contributed by atoms with E-state index in [2.05, 4.69) is 29.5 Å². The van der Waals surface area contributed by atoms with Crippen molar-refractivity contribution >= 4 is 5.96 Å². The molecule has 1 aliphatic rings. The van der Waals surface area contributed by atoms with E-state index < -0.39 is 0 Å². The second-order valence-electron chi connectivity index (χ2n) is 4.23. The molecule has 0 bridgehead atoms. The fourth-order valence-electron chi connectivity index (χ4n) is 1.31. The van der Waals surface area contributed by atoms with Crippen molar-refractivity contribution in [2.75, 3.05) is 32.8 Å². The summed E-state index contributed by atoms with van der Waals surface area (Å²) in [6, 6.07) is 0. The number of aliphatic imine (C=N–C) groups is 1. The van der Waals surface area contributed by atoms with Crippen molar-refractivity contribution < 1.29 is 4.74 Å². The SMILES string of the molecule is CC(C)CCOCCNC1=NCCCN1. The molecular formula is C11H23N3O. The first-order chi connectivity index (χ1) is 7.29. The molecule has 1 heterocycles. The first-order valence-electron chi connectivity index (χ1n) is 5.89. The normalized spacial score (nSPS) is 16.1. The third-order valence-corrected chi connectivity index (χ3v) is 2.28. The summed E-state index contributed by atoms with van der Waals surface area (Å²) < 4.78 is 5.49. The molecule has 0 aromatic heterocycles. The van der Waals surface area contributed by atoms with Gasteiger partial charge < -0.3 is 15.4 Å². The maximum absolute atomic E-state index is 5.49. The molecule has 0 unspecified atom stereocenters. The maximum atomic E-state index is 5.49. The number of nitrogens with one attached hydrogen (secondary N) is 2. The largest absolute Gasteiger partial charge is 0.380 e. The van der Waals surface area contributed by atoms with Crippen molar-refractivity contribution in [3.63, 3.8) is 0 Å². The lowest BCUT2D eigenvalue weighted by Gasteiger charge is -2.16. The highest BCUT2D eigenvalue weighted by atomic mass is 16.5. The number of hydrogen-bond acceptors (Lipinski definition) is 4. The number of ether oxygens (including phenoxy) is 1. The summed E-state index contributed by atoms with van der Waals surface area (Å²) >= 11 is 0. The molecule has 0 atom stereocenters. The van der Waals surface area contributed by atoms with Crippen LogP contribution >= 0.6 is 0 Å². The minimum atomic E-state index is 0.724. The van der Waals surface area contributed by atoms with Gasteiger partial charge in [-0.05, 0) is 18.8 Å². The molecule has 0 radical (unpaired) electrons. The molecule has 4 nitrogen and oxygen atoms in total. The zero-order valence-corrected chi connectivity index (χ0v) is 9.88. The van der Waals surface area contributed by atoms with Crippen LogP contribution in [0.1, 0.15) is 26.7 Å². The van der Waals surface area contributed by atoms with Gasteiger partial charge in [-0.1, -0.05) is 13.8 Å².